The van der Waals surface area contributed by atoms with E-state index in [0.29, 0.717) is 6.54 Å². The lowest BCUT2D eigenvalue weighted by Crippen LogP contribution is -2.30. The van der Waals surface area contributed by atoms with Gasteiger partial charge in [-0.25, -0.2) is 13.1 Å². The Bertz CT molecular complexity index is 625. The fourth-order valence-corrected chi connectivity index (χ4v) is 4.70. The first kappa shape index (κ1) is 15.8. The van der Waals surface area contributed by atoms with Crippen LogP contribution in [0.25, 0.3) is 0 Å². The van der Waals surface area contributed by atoms with Gasteiger partial charge >= 0.3 is 0 Å². The Morgan fingerprint density at radius 1 is 1.25 bits per heavy atom. The third kappa shape index (κ3) is 2.37. The quantitative estimate of drug-likeness (QED) is 0.896. The molecule has 6 heteroatoms. The number of nitrogens with two attached hydrogens (primary N) is 1. The second-order valence-corrected chi connectivity index (χ2v) is 8.56. The molecular weight excluding hydrogens is 296 g/mol. The van der Waals surface area contributed by atoms with Crippen LogP contribution in [0, 0.1) is 10.8 Å². The van der Waals surface area contributed by atoms with Crippen molar-refractivity contribution in [3.63, 3.8) is 0 Å². The van der Waals surface area contributed by atoms with Gasteiger partial charge in [0.05, 0.1) is 5.02 Å². The number of hydrogen-bond donors (Lipinski definition) is 2. The first-order chi connectivity index (χ1) is 9.04. The van der Waals surface area contributed by atoms with Gasteiger partial charge in [0, 0.05) is 12.6 Å². The van der Waals surface area contributed by atoms with Crippen molar-refractivity contribution < 1.29 is 8.42 Å². The lowest BCUT2D eigenvalue weighted by molar-refractivity contribution is 0.457. The topological polar surface area (TPSA) is 72.2 Å². The molecule has 0 amide bonds. The lowest BCUT2D eigenvalue weighted by atomic mass is 10.0. The summed E-state index contributed by atoms with van der Waals surface area (Å²) in [7, 11) is -3.62. The summed E-state index contributed by atoms with van der Waals surface area (Å²) >= 11 is 6.06. The second kappa shape index (κ2) is 4.70. The second-order valence-electron chi connectivity index (χ2n) is 6.47. The van der Waals surface area contributed by atoms with Crippen LogP contribution in [-0.4, -0.2) is 14.5 Å². The molecule has 0 bridgehead atoms. The van der Waals surface area contributed by atoms with Crippen LogP contribution in [0.3, 0.4) is 0 Å². The predicted molar refractivity (Wildman–Crippen MR) is 81.0 cm³/mol. The Balaban J connectivity index is 2.29. The van der Waals surface area contributed by atoms with E-state index in [2.05, 4.69) is 32.4 Å². The molecule has 1 aliphatic rings. The molecule has 0 atom stereocenters. The van der Waals surface area contributed by atoms with Crippen LogP contribution in [0.4, 0.5) is 0 Å². The number of rotatable bonds is 4. The third-order valence-corrected chi connectivity index (χ3v) is 6.72. The van der Waals surface area contributed by atoms with E-state index in [1.807, 2.05) is 0 Å². The number of sulfonamides is 1. The summed E-state index contributed by atoms with van der Waals surface area (Å²) in [6, 6.07) is 4.70. The van der Waals surface area contributed by atoms with E-state index in [1.165, 1.54) is 6.07 Å². The van der Waals surface area contributed by atoms with Crippen molar-refractivity contribution in [2.75, 3.05) is 0 Å². The minimum Gasteiger partial charge on any atom is -0.326 e. The van der Waals surface area contributed by atoms with Crippen LogP contribution < -0.4 is 10.5 Å². The van der Waals surface area contributed by atoms with E-state index in [1.54, 1.807) is 12.1 Å². The van der Waals surface area contributed by atoms with Crippen molar-refractivity contribution in [3.05, 3.63) is 28.8 Å². The molecule has 0 heterocycles. The number of nitrogens with one attached hydrogen (secondary N) is 1. The van der Waals surface area contributed by atoms with Crippen molar-refractivity contribution in [1.82, 2.24) is 4.72 Å². The van der Waals surface area contributed by atoms with Crippen LogP contribution in [-0.2, 0) is 16.6 Å². The Kier molecular flexibility index (Phi) is 3.70. The summed E-state index contributed by atoms with van der Waals surface area (Å²) in [5.41, 5.74) is 6.19. The molecule has 0 unspecified atom stereocenters. The van der Waals surface area contributed by atoms with Gasteiger partial charge in [0.1, 0.15) is 4.90 Å². The van der Waals surface area contributed by atoms with Crippen LogP contribution in [0.5, 0.6) is 0 Å². The molecule has 1 aliphatic carbocycles. The average Bonchev–Trinajstić information content (AvgIpc) is 2.70. The number of halogens is 1. The lowest BCUT2D eigenvalue weighted by Gasteiger charge is -2.10. The van der Waals surface area contributed by atoms with Gasteiger partial charge in [-0.15, -0.1) is 0 Å². The summed E-state index contributed by atoms with van der Waals surface area (Å²) in [5, 5.41) is 0.205. The van der Waals surface area contributed by atoms with Gasteiger partial charge in [-0.05, 0) is 28.5 Å². The normalized spacial score (nSPS) is 20.9. The van der Waals surface area contributed by atoms with E-state index >= 15 is 0 Å². The van der Waals surface area contributed by atoms with E-state index in [0.717, 1.165) is 5.56 Å². The Hall–Kier alpha value is -0.620. The molecule has 0 saturated heterocycles. The van der Waals surface area contributed by atoms with Crippen molar-refractivity contribution in [2.24, 2.45) is 16.6 Å². The molecule has 1 aromatic rings. The smallest absolute Gasteiger partial charge is 0.242 e. The first-order valence-electron chi connectivity index (χ1n) is 6.55. The van der Waals surface area contributed by atoms with Gasteiger partial charge < -0.3 is 5.73 Å². The third-order valence-electron chi connectivity index (χ3n) is 4.82. The minimum absolute atomic E-state index is 0.0657. The highest BCUT2D eigenvalue weighted by Crippen LogP contribution is 2.63. The maximum absolute atomic E-state index is 12.5. The molecule has 112 valence electrons. The van der Waals surface area contributed by atoms with Crippen molar-refractivity contribution in [1.29, 1.82) is 0 Å². The van der Waals surface area contributed by atoms with Crippen LogP contribution in [0.1, 0.15) is 33.3 Å². The molecule has 3 N–H and O–H groups in total. The zero-order valence-corrected chi connectivity index (χ0v) is 13.8. The molecule has 0 aliphatic heterocycles. The maximum Gasteiger partial charge on any atom is 0.242 e. The summed E-state index contributed by atoms with van der Waals surface area (Å²) in [6.07, 6.45) is 0. The van der Waals surface area contributed by atoms with Gasteiger partial charge in [0.2, 0.25) is 10.0 Å². The SMILES string of the molecule is CC1(C)C(NS(=O)(=O)c2ccc(CN)cc2Cl)C1(C)C. The molecule has 20 heavy (non-hydrogen) atoms. The zero-order chi connectivity index (χ0) is 15.3. The first-order valence-corrected chi connectivity index (χ1v) is 8.41. The Labute approximate surface area is 125 Å². The average molecular weight is 317 g/mol. The predicted octanol–water partition coefficient (Wildman–Crippen LogP) is 2.51. The highest BCUT2D eigenvalue weighted by atomic mass is 35.5. The van der Waals surface area contributed by atoms with Gasteiger partial charge in [-0.3, -0.25) is 0 Å². The highest BCUT2D eigenvalue weighted by Gasteiger charge is 2.66. The zero-order valence-electron chi connectivity index (χ0n) is 12.2. The van der Waals surface area contributed by atoms with E-state index in [9.17, 15) is 8.42 Å². The molecule has 0 aromatic heterocycles. The molecule has 2 rings (SSSR count). The van der Waals surface area contributed by atoms with Crippen molar-refractivity contribution >= 4 is 21.6 Å². The van der Waals surface area contributed by atoms with E-state index in [-0.39, 0.29) is 26.8 Å². The summed E-state index contributed by atoms with van der Waals surface area (Å²) in [6.45, 7) is 8.55. The molecular formula is C14H21ClN2O2S. The van der Waals surface area contributed by atoms with Gasteiger partial charge in [-0.2, -0.15) is 0 Å². The molecule has 1 aromatic carbocycles. The highest BCUT2D eigenvalue weighted by molar-refractivity contribution is 7.89. The molecule has 1 saturated carbocycles. The number of benzene rings is 1. The Morgan fingerprint density at radius 3 is 2.20 bits per heavy atom. The van der Waals surface area contributed by atoms with Gasteiger partial charge in [0.25, 0.3) is 0 Å². The number of hydrogen-bond acceptors (Lipinski definition) is 3. The van der Waals surface area contributed by atoms with E-state index < -0.39 is 10.0 Å². The van der Waals surface area contributed by atoms with Gasteiger partial charge in [0.15, 0.2) is 0 Å². The largest absolute Gasteiger partial charge is 0.326 e. The monoisotopic (exact) mass is 316 g/mol. The van der Waals surface area contributed by atoms with Gasteiger partial charge in [-0.1, -0.05) is 45.4 Å². The molecule has 0 spiro atoms. The minimum atomic E-state index is -3.62. The van der Waals surface area contributed by atoms with Crippen LogP contribution >= 0.6 is 11.6 Å². The molecule has 0 radical (unpaired) electrons. The van der Waals surface area contributed by atoms with Crippen molar-refractivity contribution in [3.8, 4) is 0 Å². The van der Waals surface area contributed by atoms with Crippen LogP contribution in [0.15, 0.2) is 23.1 Å². The summed E-state index contributed by atoms with van der Waals surface area (Å²) in [4.78, 5) is 0.106. The molecule has 1 fully saturated rings. The molecule has 4 nitrogen and oxygen atoms in total. The van der Waals surface area contributed by atoms with Crippen LogP contribution in [0.2, 0.25) is 5.02 Å². The summed E-state index contributed by atoms with van der Waals surface area (Å²) < 4.78 is 27.7. The fourth-order valence-electron chi connectivity index (χ4n) is 2.60. The Morgan fingerprint density at radius 2 is 1.80 bits per heavy atom. The maximum atomic E-state index is 12.5. The van der Waals surface area contributed by atoms with E-state index in [4.69, 9.17) is 17.3 Å². The summed E-state index contributed by atoms with van der Waals surface area (Å²) in [5.74, 6) is 0. The standard InChI is InChI=1S/C14H21ClN2O2S/c1-13(2)12(14(13,3)4)17-20(18,19)11-6-5-9(8-16)7-10(11)15/h5-7,12,17H,8,16H2,1-4H3. The fraction of sp³-hybridized carbons (Fsp3) is 0.571. The van der Waals surface area contributed by atoms with Crippen molar-refractivity contribution in [2.45, 2.75) is 45.2 Å².